The highest BCUT2D eigenvalue weighted by atomic mass is 16.3. The van der Waals surface area contributed by atoms with Gasteiger partial charge in [-0.2, -0.15) is 5.21 Å². The van der Waals surface area contributed by atoms with E-state index in [4.69, 9.17) is 5.11 Å². The number of allylic oxidation sites excluding steroid dienone is 1. The molecule has 3 N–H and O–H groups in total. The van der Waals surface area contributed by atoms with Gasteiger partial charge in [-0.25, -0.2) is 0 Å². The number of aromatic amines is 1. The highest BCUT2D eigenvalue weighted by molar-refractivity contribution is 5.84. The third kappa shape index (κ3) is 7.89. The number of nitrogens with one attached hydrogen (secondary N) is 1. The molecule has 0 aliphatic heterocycles. The largest absolute Gasteiger partial charge is 0.396 e. The van der Waals surface area contributed by atoms with Crippen molar-refractivity contribution in [3.63, 3.8) is 0 Å². The first-order valence-corrected chi connectivity index (χ1v) is 10.4. The van der Waals surface area contributed by atoms with Gasteiger partial charge in [-0.1, -0.05) is 49.5 Å². The standard InChI is InChI=1S/C20H34N4O3/c25-14-10-6-2-1-3-7-11-16-17(19(27)15-18(16)26)12-8-4-5-9-13-20-21-23-24-22-20/h7,11,16-18,25-26H,1-6,8-10,12-15H2,(H,21,22,23,24)/t16-,17+,18+/m1/s1. The Morgan fingerprint density at radius 1 is 1.07 bits per heavy atom. The van der Waals surface area contributed by atoms with Crippen molar-refractivity contribution in [1.82, 2.24) is 20.6 Å². The van der Waals surface area contributed by atoms with E-state index in [-0.39, 0.29) is 24.2 Å². The second-order valence-electron chi connectivity index (χ2n) is 7.56. The zero-order chi connectivity index (χ0) is 19.3. The topological polar surface area (TPSA) is 112 Å². The van der Waals surface area contributed by atoms with E-state index >= 15 is 0 Å². The van der Waals surface area contributed by atoms with Gasteiger partial charge in [0.25, 0.3) is 0 Å². The minimum atomic E-state index is -0.522. The number of aromatic nitrogens is 4. The lowest BCUT2D eigenvalue weighted by atomic mass is 9.88. The first-order chi connectivity index (χ1) is 13.2. The quantitative estimate of drug-likeness (QED) is 0.339. The Morgan fingerprint density at radius 2 is 1.85 bits per heavy atom. The number of H-pyrrole nitrogens is 1. The van der Waals surface area contributed by atoms with Crippen LogP contribution in [0.15, 0.2) is 12.2 Å². The van der Waals surface area contributed by atoms with Crippen LogP contribution in [-0.2, 0) is 11.2 Å². The SMILES string of the molecule is O=C1C[C@H](O)[C@H](C=CCCCCCCO)[C@@H]1CCCCCCc1nn[nH]n1. The number of aliphatic hydroxyl groups excluding tert-OH is 2. The summed E-state index contributed by atoms with van der Waals surface area (Å²) in [5, 5.41) is 32.9. The zero-order valence-corrected chi connectivity index (χ0v) is 16.2. The number of rotatable bonds is 14. The maximum Gasteiger partial charge on any atom is 0.174 e. The number of carbonyl (C=O) groups is 1. The van der Waals surface area contributed by atoms with E-state index in [1.54, 1.807) is 0 Å². The fourth-order valence-electron chi connectivity index (χ4n) is 3.86. The molecule has 0 saturated heterocycles. The first-order valence-electron chi connectivity index (χ1n) is 10.4. The van der Waals surface area contributed by atoms with E-state index < -0.39 is 6.10 Å². The fourth-order valence-corrected chi connectivity index (χ4v) is 3.86. The van der Waals surface area contributed by atoms with E-state index in [0.717, 1.165) is 76.5 Å². The second kappa shape index (κ2) is 12.7. The van der Waals surface area contributed by atoms with Gasteiger partial charge in [-0.3, -0.25) is 4.79 Å². The number of carbonyl (C=O) groups excluding carboxylic acids is 1. The molecule has 0 aromatic carbocycles. The Hall–Kier alpha value is -1.60. The van der Waals surface area contributed by atoms with Crippen LogP contribution in [0.2, 0.25) is 0 Å². The molecule has 1 heterocycles. The van der Waals surface area contributed by atoms with Crippen LogP contribution >= 0.6 is 0 Å². The zero-order valence-electron chi connectivity index (χ0n) is 16.2. The van der Waals surface area contributed by atoms with Crippen molar-refractivity contribution in [2.75, 3.05) is 6.61 Å². The van der Waals surface area contributed by atoms with Crippen LogP contribution in [0.1, 0.15) is 76.5 Å². The molecule has 1 aliphatic rings. The van der Waals surface area contributed by atoms with Gasteiger partial charge >= 0.3 is 0 Å². The molecule has 0 unspecified atom stereocenters. The lowest BCUT2D eigenvalue weighted by Crippen LogP contribution is -2.18. The summed E-state index contributed by atoms with van der Waals surface area (Å²) in [6.07, 6.45) is 15.0. The number of tetrazole rings is 1. The monoisotopic (exact) mass is 378 g/mol. The Balaban J connectivity index is 1.62. The first kappa shape index (κ1) is 21.7. The Kier molecular flexibility index (Phi) is 10.2. The summed E-state index contributed by atoms with van der Waals surface area (Å²) < 4.78 is 0. The molecule has 1 aromatic heterocycles. The van der Waals surface area contributed by atoms with Crippen molar-refractivity contribution in [1.29, 1.82) is 0 Å². The number of hydrogen-bond donors (Lipinski definition) is 3. The van der Waals surface area contributed by atoms with Gasteiger partial charge in [0.15, 0.2) is 5.82 Å². The van der Waals surface area contributed by atoms with Crippen molar-refractivity contribution in [2.45, 2.75) is 83.2 Å². The summed E-state index contributed by atoms with van der Waals surface area (Å²) in [6, 6.07) is 0. The van der Waals surface area contributed by atoms with Crippen molar-refractivity contribution >= 4 is 5.78 Å². The number of aliphatic hydroxyl groups is 2. The van der Waals surface area contributed by atoms with Crippen LogP contribution in [0.5, 0.6) is 0 Å². The third-order valence-electron chi connectivity index (χ3n) is 5.42. The molecule has 0 spiro atoms. The summed E-state index contributed by atoms with van der Waals surface area (Å²) in [5.41, 5.74) is 0. The van der Waals surface area contributed by atoms with Crippen LogP contribution in [0.3, 0.4) is 0 Å². The molecule has 27 heavy (non-hydrogen) atoms. The van der Waals surface area contributed by atoms with E-state index in [2.05, 4.69) is 32.8 Å². The predicted octanol–water partition coefficient (Wildman–Crippen LogP) is 2.76. The van der Waals surface area contributed by atoms with E-state index in [0.29, 0.717) is 6.42 Å². The normalized spacial score (nSPS) is 22.9. The van der Waals surface area contributed by atoms with Crippen LogP contribution in [-0.4, -0.2) is 49.3 Å². The molecule has 1 aromatic rings. The van der Waals surface area contributed by atoms with Gasteiger partial charge in [-0.15, -0.1) is 10.2 Å². The highest BCUT2D eigenvalue weighted by Crippen LogP contribution is 2.34. The molecule has 1 saturated carbocycles. The second-order valence-corrected chi connectivity index (χ2v) is 7.56. The molecular weight excluding hydrogens is 344 g/mol. The number of nitrogens with zero attached hydrogens (tertiary/aromatic N) is 3. The molecule has 0 amide bonds. The highest BCUT2D eigenvalue weighted by Gasteiger charge is 2.39. The maximum atomic E-state index is 12.2. The van der Waals surface area contributed by atoms with Gasteiger partial charge in [0.2, 0.25) is 0 Å². The average Bonchev–Trinajstić information content (AvgIpc) is 3.26. The summed E-state index contributed by atoms with van der Waals surface area (Å²) >= 11 is 0. The molecule has 0 bridgehead atoms. The van der Waals surface area contributed by atoms with E-state index in [9.17, 15) is 9.90 Å². The van der Waals surface area contributed by atoms with Gasteiger partial charge in [0.1, 0.15) is 5.78 Å². The van der Waals surface area contributed by atoms with E-state index in [1.165, 1.54) is 0 Å². The van der Waals surface area contributed by atoms with Gasteiger partial charge in [0.05, 0.1) is 6.10 Å². The Labute approximate surface area is 161 Å². The number of aryl methyl sites for hydroxylation is 1. The molecule has 152 valence electrons. The lowest BCUT2D eigenvalue weighted by Gasteiger charge is -2.17. The maximum absolute atomic E-state index is 12.2. The molecule has 1 fully saturated rings. The predicted molar refractivity (Wildman–Crippen MR) is 103 cm³/mol. The van der Waals surface area contributed by atoms with Gasteiger partial charge in [0, 0.05) is 31.3 Å². The van der Waals surface area contributed by atoms with Crippen LogP contribution in [0.4, 0.5) is 0 Å². The summed E-state index contributed by atoms with van der Waals surface area (Å²) in [7, 11) is 0. The van der Waals surface area contributed by atoms with Crippen molar-refractivity contribution < 1.29 is 15.0 Å². The fraction of sp³-hybridized carbons (Fsp3) is 0.800. The van der Waals surface area contributed by atoms with E-state index in [1.807, 2.05) is 0 Å². The minimum Gasteiger partial charge on any atom is -0.396 e. The molecule has 7 heteroatoms. The van der Waals surface area contributed by atoms with Crippen molar-refractivity contribution in [2.24, 2.45) is 11.8 Å². The van der Waals surface area contributed by atoms with Gasteiger partial charge < -0.3 is 10.2 Å². The lowest BCUT2D eigenvalue weighted by molar-refractivity contribution is -0.121. The number of unbranched alkanes of at least 4 members (excludes halogenated alkanes) is 7. The molecular formula is C20H34N4O3. The summed E-state index contributed by atoms with van der Waals surface area (Å²) in [6.45, 7) is 0.269. The number of hydrogen-bond acceptors (Lipinski definition) is 6. The average molecular weight is 379 g/mol. The van der Waals surface area contributed by atoms with Crippen molar-refractivity contribution in [3.05, 3.63) is 18.0 Å². The molecule has 7 nitrogen and oxygen atoms in total. The molecule has 3 atom stereocenters. The number of Topliss-reactive ketones (excluding diaryl/α,β-unsaturated/α-hetero) is 1. The molecule has 1 aliphatic carbocycles. The summed E-state index contributed by atoms with van der Waals surface area (Å²) in [4.78, 5) is 12.2. The Bertz CT molecular complexity index is 547. The Morgan fingerprint density at radius 3 is 2.63 bits per heavy atom. The third-order valence-corrected chi connectivity index (χ3v) is 5.42. The van der Waals surface area contributed by atoms with Gasteiger partial charge in [-0.05, 0) is 32.1 Å². The molecule has 0 radical (unpaired) electrons. The van der Waals surface area contributed by atoms with Crippen LogP contribution in [0.25, 0.3) is 0 Å². The van der Waals surface area contributed by atoms with Crippen LogP contribution < -0.4 is 0 Å². The smallest absolute Gasteiger partial charge is 0.174 e. The van der Waals surface area contributed by atoms with Crippen molar-refractivity contribution in [3.8, 4) is 0 Å². The summed E-state index contributed by atoms with van der Waals surface area (Å²) in [5.74, 6) is 0.926. The number of ketones is 1. The minimum absolute atomic E-state index is 0.0192. The molecule has 2 rings (SSSR count). The van der Waals surface area contributed by atoms with Crippen LogP contribution in [0, 0.1) is 11.8 Å².